The van der Waals surface area contributed by atoms with Crippen LogP contribution in [0.15, 0.2) is 24.6 Å². The molecular weight excluding hydrogens is 124 g/mol. The second-order valence-electron chi connectivity index (χ2n) is 2.53. The molecular formula is C8H16N2. The van der Waals surface area contributed by atoms with Crippen molar-refractivity contribution < 1.29 is 0 Å². The molecule has 0 amide bonds. The normalized spacial score (nSPS) is 11.8. The zero-order valence-electron chi connectivity index (χ0n) is 6.96. The minimum Gasteiger partial charge on any atom is -0.385 e. The van der Waals surface area contributed by atoms with Crippen molar-refractivity contribution in [1.29, 1.82) is 0 Å². The highest BCUT2D eigenvalue weighted by Gasteiger charge is 2.01. The molecule has 0 unspecified atom stereocenters. The summed E-state index contributed by atoms with van der Waals surface area (Å²) in [6, 6.07) is 0.441. The first-order valence-electron chi connectivity index (χ1n) is 3.40. The van der Waals surface area contributed by atoms with Crippen molar-refractivity contribution in [3.05, 3.63) is 24.6 Å². The molecule has 0 aliphatic heterocycles. The molecule has 0 rings (SSSR count). The van der Waals surface area contributed by atoms with Crippen molar-refractivity contribution in [2.75, 3.05) is 7.05 Å². The van der Waals surface area contributed by atoms with Gasteiger partial charge in [-0.05, 0) is 19.9 Å². The van der Waals surface area contributed by atoms with Gasteiger partial charge in [0.2, 0.25) is 0 Å². The van der Waals surface area contributed by atoms with Gasteiger partial charge in [0.1, 0.15) is 0 Å². The summed E-state index contributed by atoms with van der Waals surface area (Å²) in [6.45, 7) is 7.73. The maximum absolute atomic E-state index is 5.64. The van der Waals surface area contributed by atoms with Gasteiger partial charge >= 0.3 is 0 Å². The fraction of sp³-hybridized carbons (Fsp3) is 0.500. The molecule has 0 spiro atoms. The third kappa shape index (κ3) is 2.58. The number of hydrogen-bond donors (Lipinski definition) is 1. The Bertz CT molecular complexity index is 136. The van der Waals surface area contributed by atoms with Crippen LogP contribution in [-0.2, 0) is 0 Å². The molecule has 0 aliphatic rings. The minimum absolute atomic E-state index is 0.441. The largest absolute Gasteiger partial charge is 0.385 e. The summed E-state index contributed by atoms with van der Waals surface area (Å²) >= 11 is 0. The lowest BCUT2D eigenvalue weighted by Crippen LogP contribution is -2.29. The van der Waals surface area contributed by atoms with E-state index in [0.717, 1.165) is 5.82 Å². The molecule has 2 N–H and O–H groups in total. The van der Waals surface area contributed by atoms with Crippen molar-refractivity contribution >= 4 is 0 Å². The Morgan fingerprint density at radius 1 is 1.60 bits per heavy atom. The first-order valence-corrected chi connectivity index (χ1v) is 3.40. The Labute approximate surface area is 63.0 Å². The summed E-state index contributed by atoms with van der Waals surface area (Å²) in [5, 5.41) is 0. The maximum Gasteiger partial charge on any atom is 0.0985 e. The second kappa shape index (κ2) is 3.99. The third-order valence-electron chi connectivity index (χ3n) is 1.47. The minimum atomic E-state index is 0.441. The molecule has 0 fully saturated rings. The van der Waals surface area contributed by atoms with E-state index in [1.807, 2.05) is 11.9 Å². The fourth-order valence-corrected chi connectivity index (χ4v) is 0.536. The highest BCUT2D eigenvalue weighted by atomic mass is 15.2. The van der Waals surface area contributed by atoms with Crippen molar-refractivity contribution in [3.63, 3.8) is 0 Å². The summed E-state index contributed by atoms with van der Waals surface area (Å²) in [4.78, 5) is 1.99. The van der Waals surface area contributed by atoms with Crippen LogP contribution in [0.1, 0.15) is 13.8 Å². The van der Waals surface area contributed by atoms with Crippen LogP contribution in [0, 0.1) is 0 Å². The van der Waals surface area contributed by atoms with Crippen LogP contribution in [0.5, 0.6) is 0 Å². The number of hydrogen-bond acceptors (Lipinski definition) is 2. The van der Waals surface area contributed by atoms with E-state index in [2.05, 4.69) is 20.4 Å². The second-order valence-corrected chi connectivity index (χ2v) is 2.53. The van der Waals surface area contributed by atoms with Crippen molar-refractivity contribution in [2.24, 2.45) is 5.73 Å². The Morgan fingerprint density at radius 3 is 2.40 bits per heavy atom. The van der Waals surface area contributed by atoms with Gasteiger partial charge in [-0.1, -0.05) is 12.7 Å². The molecule has 0 aliphatic carbocycles. The molecule has 0 aromatic heterocycles. The van der Waals surface area contributed by atoms with Gasteiger partial charge in [0.15, 0.2) is 0 Å². The van der Waals surface area contributed by atoms with Gasteiger partial charge in [0.25, 0.3) is 0 Å². The predicted octanol–water partition coefficient (Wildman–Crippen LogP) is 1.31. The van der Waals surface area contributed by atoms with Crippen LogP contribution >= 0.6 is 0 Å². The Morgan fingerprint density at radius 2 is 2.10 bits per heavy atom. The van der Waals surface area contributed by atoms with Crippen LogP contribution in [0.2, 0.25) is 0 Å². The smallest absolute Gasteiger partial charge is 0.0985 e. The van der Waals surface area contributed by atoms with Crippen molar-refractivity contribution in [1.82, 2.24) is 4.90 Å². The third-order valence-corrected chi connectivity index (χ3v) is 1.47. The van der Waals surface area contributed by atoms with E-state index in [0.29, 0.717) is 6.04 Å². The average molecular weight is 140 g/mol. The van der Waals surface area contributed by atoms with E-state index in [1.54, 1.807) is 12.2 Å². The molecule has 0 saturated heterocycles. The maximum atomic E-state index is 5.64. The zero-order valence-corrected chi connectivity index (χ0v) is 6.96. The topological polar surface area (TPSA) is 29.3 Å². The number of allylic oxidation sites excluding steroid dienone is 2. The van der Waals surface area contributed by atoms with Gasteiger partial charge in [-0.25, -0.2) is 0 Å². The molecule has 10 heavy (non-hydrogen) atoms. The zero-order chi connectivity index (χ0) is 8.15. The Hall–Kier alpha value is -0.920. The standard InChI is InChI=1S/C8H16N2/c1-5-6-8(9)10(4)7(2)3/h5-7H,1,9H2,2-4H3/b8-6-. The first kappa shape index (κ1) is 9.08. The van der Waals surface area contributed by atoms with Gasteiger partial charge in [-0.2, -0.15) is 0 Å². The van der Waals surface area contributed by atoms with Crippen LogP contribution in [0.25, 0.3) is 0 Å². The molecule has 0 aromatic carbocycles. The summed E-state index contributed by atoms with van der Waals surface area (Å²) in [5.74, 6) is 0.755. The summed E-state index contributed by atoms with van der Waals surface area (Å²) in [5.41, 5.74) is 5.64. The van der Waals surface area contributed by atoms with Crippen LogP contribution in [0.3, 0.4) is 0 Å². The summed E-state index contributed by atoms with van der Waals surface area (Å²) < 4.78 is 0. The number of nitrogens with two attached hydrogens (primary N) is 1. The Kier molecular flexibility index (Phi) is 3.62. The van der Waals surface area contributed by atoms with E-state index < -0.39 is 0 Å². The predicted molar refractivity (Wildman–Crippen MR) is 45.4 cm³/mol. The number of rotatable bonds is 3. The highest BCUT2D eigenvalue weighted by Crippen LogP contribution is 1.99. The molecule has 0 heterocycles. The molecule has 2 heteroatoms. The van der Waals surface area contributed by atoms with Gasteiger partial charge < -0.3 is 10.6 Å². The number of nitrogens with zero attached hydrogens (tertiary/aromatic N) is 1. The molecule has 0 saturated carbocycles. The molecule has 0 radical (unpaired) electrons. The molecule has 2 nitrogen and oxygen atoms in total. The average Bonchev–Trinajstić information content (AvgIpc) is 1.87. The van der Waals surface area contributed by atoms with Crippen molar-refractivity contribution in [3.8, 4) is 0 Å². The lowest BCUT2D eigenvalue weighted by molar-refractivity contribution is 0.341. The lowest BCUT2D eigenvalue weighted by atomic mass is 10.3. The quantitative estimate of drug-likeness (QED) is 0.599. The van der Waals surface area contributed by atoms with Crippen LogP contribution in [-0.4, -0.2) is 18.0 Å². The van der Waals surface area contributed by atoms with Gasteiger partial charge in [0.05, 0.1) is 5.82 Å². The van der Waals surface area contributed by atoms with E-state index >= 15 is 0 Å². The summed E-state index contributed by atoms with van der Waals surface area (Å²) in [7, 11) is 1.96. The fourth-order valence-electron chi connectivity index (χ4n) is 0.536. The van der Waals surface area contributed by atoms with E-state index in [1.165, 1.54) is 0 Å². The van der Waals surface area contributed by atoms with Gasteiger partial charge in [-0.15, -0.1) is 0 Å². The van der Waals surface area contributed by atoms with Gasteiger partial charge in [-0.3, -0.25) is 0 Å². The van der Waals surface area contributed by atoms with Crippen molar-refractivity contribution in [2.45, 2.75) is 19.9 Å². The first-order chi connectivity index (χ1) is 4.59. The van der Waals surface area contributed by atoms with E-state index in [-0.39, 0.29) is 0 Å². The van der Waals surface area contributed by atoms with Gasteiger partial charge in [0, 0.05) is 13.1 Å². The van der Waals surface area contributed by atoms with Crippen LogP contribution in [0.4, 0.5) is 0 Å². The Balaban J connectivity index is 4.06. The van der Waals surface area contributed by atoms with Crippen LogP contribution < -0.4 is 5.73 Å². The monoisotopic (exact) mass is 140 g/mol. The molecule has 0 atom stereocenters. The van der Waals surface area contributed by atoms with E-state index in [9.17, 15) is 0 Å². The van der Waals surface area contributed by atoms with E-state index in [4.69, 9.17) is 5.73 Å². The SMILES string of the molecule is C=C/C=C(/N)N(C)C(C)C. The molecule has 0 bridgehead atoms. The highest BCUT2D eigenvalue weighted by molar-refractivity contribution is 5.05. The summed E-state index contributed by atoms with van der Waals surface area (Å²) in [6.07, 6.45) is 3.48. The lowest BCUT2D eigenvalue weighted by Gasteiger charge is -2.23. The molecule has 58 valence electrons. The molecule has 0 aromatic rings.